The van der Waals surface area contributed by atoms with Gasteiger partial charge in [-0.1, -0.05) is 37.9 Å². The molecule has 2 aromatic heterocycles. The highest BCUT2D eigenvalue weighted by Crippen LogP contribution is 2.38. The predicted octanol–water partition coefficient (Wildman–Crippen LogP) is 4.82. The maximum Gasteiger partial charge on any atom is 0.190 e. The summed E-state index contributed by atoms with van der Waals surface area (Å²) < 4.78 is 0. The molecule has 3 nitrogen and oxygen atoms in total. The topological polar surface area (TPSA) is 51.8 Å². The molecule has 1 aliphatic rings. The van der Waals surface area contributed by atoms with Crippen LogP contribution in [-0.2, 0) is 12.8 Å². The summed E-state index contributed by atoms with van der Waals surface area (Å²) in [6.07, 6.45) is 10.0. The van der Waals surface area contributed by atoms with Gasteiger partial charge in [0.05, 0.1) is 5.39 Å². The van der Waals surface area contributed by atoms with E-state index in [1.165, 1.54) is 55.4 Å². The summed E-state index contributed by atoms with van der Waals surface area (Å²) in [6.45, 7) is 2.24. The van der Waals surface area contributed by atoms with Crippen molar-refractivity contribution in [3.63, 3.8) is 0 Å². The Hall–Kier alpha value is -0.810. The maximum atomic E-state index is 6.22. The average molecular weight is 322 g/mol. The highest BCUT2D eigenvalue weighted by Gasteiger charge is 2.20. The first-order chi connectivity index (χ1) is 10.3. The third-order valence-corrected chi connectivity index (χ3v) is 6.17. The molecule has 0 unspecified atom stereocenters. The van der Waals surface area contributed by atoms with Crippen molar-refractivity contribution in [3.8, 4) is 0 Å². The van der Waals surface area contributed by atoms with Crippen molar-refractivity contribution in [1.82, 2.24) is 9.97 Å². The van der Waals surface area contributed by atoms with Crippen molar-refractivity contribution in [2.24, 2.45) is 0 Å². The molecule has 0 atom stereocenters. The number of aromatic nitrogens is 2. The SMILES string of the molecule is CCCCCCSc1nc(N)c2c3c(sc2n1)CCCC3. The van der Waals surface area contributed by atoms with Crippen LogP contribution in [0.2, 0.25) is 0 Å². The van der Waals surface area contributed by atoms with Gasteiger partial charge < -0.3 is 5.73 Å². The van der Waals surface area contributed by atoms with E-state index < -0.39 is 0 Å². The van der Waals surface area contributed by atoms with Crippen LogP contribution >= 0.6 is 23.1 Å². The molecule has 0 saturated carbocycles. The molecular formula is C16H23N3S2. The molecule has 0 amide bonds. The molecule has 2 N–H and O–H groups in total. The lowest BCUT2D eigenvalue weighted by molar-refractivity contribution is 0.700. The Kier molecular flexibility index (Phi) is 5.01. The van der Waals surface area contributed by atoms with Crippen LogP contribution in [0.15, 0.2) is 5.16 Å². The lowest BCUT2D eigenvalue weighted by Crippen LogP contribution is -2.01. The summed E-state index contributed by atoms with van der Waals surface area (Å²) in [5.41, 5.74) is 7.65. The van der Waals surface area contributed by atoms with Crippen molar-refractivity contribution in [3.05, 3.63) is 10.4 Å². The van der Waals surface area contributed by atoms with Crippen LogP contribution < -0.4 is 5.73 Å². The number of fused-ring (bicyclic) bond motifs is 3. The van der Waals surface area contributed by atoms with Gasteiger partial charge in [0.2, 0.25) is 0 Å². The number of rotatable bonds is 6. The number of unbranched alkanes of at least 4 members (excludes halogenated alkanes) is 3. The van der Waals surface area contributed by atoms with Crippen molar-refractivity contribution in [2.45, 2.75) is 63.4 Å². The zero-order chi connectivity index (χ0) is 14.7. The number of hydrogen-bond donors (Lipinski definition) is 1. The maximum absolute atomic E-state index is 6.22. The Labute approximate surface area is 134 Å². The van der Waals surface area contributed by atoms with Crippen molar-refractivity contribution in [1.29, 1.82) is 0 Å². The number of hydrogen-bond acceptors (Lipinski definition) is 5. The van der Waals surface area contributed by atoms with Crippen LogP contribution in [0.5, 0.6) is 0 Å². The van der Waals surface area contributed by atoms with Gasteiger partial charge in [0.15, 0.2) is 5.16 Å². The summed E-state index contributed by atoms with van der Waals surface area (Å²) in [7, 11) is 0. The Morgan fingerprint density at radius 1 is 1.14 bits per heavy atom. The molecule has 0 radical (unpaired) electrons. The van der Waals surface area contributed by atoms with Crippen LogP contribution in [0.3, 0.4) is 0 Å². The lowest BCUT2D eigenvalue weighted by Gasteiger charge is -2.10. The molecule has 5 heteroatoms. The molecule has 114 valence electrons. The number of anilines is 1. The summed E-state index contributed by atoms with van der Waals surface area (Å²) in [5.74, 6) is 1.78. The standard InChI is InChI=1S/C16H23N3S2/c1-2-3-4-7-10-20-16-18-14(17)13-11-8-5-6-9-12(11)21-15(13)19-16/h2-10H2,1H3,(H2,17,18,19). The Balaban J connectivity index is 1.76. The van der Waals surface area contributed by atoms with Crippen LogP contribution in [0.25, 0.3) is 10.2 Å². The molecule has 3 rings (SSSR count). The quantitative estimate of drug-likeness (QED) is 0.470. The second-order valence-electron chi connectivity index (χ2n) is 5.69. The predicted molar refractivity (Wildman–Crippen MR) is 93.3 cm³/mol. The van der Waals surface area contributed by atoms with Gasteiger partial charge in [-0.2, -0.15) is 0 Å². The first-order valence-electron chi connectivity index (χ1n) is 8.00. The van der Waals surface area contributed by atoms with Crippen LogP contribution in [0.4, 0.5) is 5.82 Å². The smallest absolute Gasteiger partial charge is 0.190 e. The first-order valence-corrected chi connectivity index (χ1v) is 9.80. The minimum Gasteiger partial charge on any atom is -0.383 e. The molecule has 2 heterocycles. The fourth-order valence-electron chi connectivity index (χ4n) is 2.92. The Morgan fingerprint density at radius 2 is 2.00 bits per heavy atom. The third-order valence-electron chi connectivity index (χ3n) is 4.05. The summed E-state index contributed by atoms with van der Waals surface area (Å²) >= 11 is 3.58. The van der Waals surface area contributed by atoms with Gasteiger partial charge in [0.1, 0.15) is 10.6 Å². The van der Waals surface area contributed by atoms with Crippen LogP contribution in [-0.4, -0.2) is 15.7 Å². The van der Waals surface area contributed by atoms with Crippen LogP contribution in [0.1, 0.15) is 55.9 Å². The van der Waals surface area contributed by atoms with Gasteiger partial charge in [0, 0.05) is 10.6 Å². The fraction of sp³-hybridized carbons (Fsp3) is 0.625. The molecule has 0 aromatic carbocycles. The normalized spacial score (nSPS) is 14.5. The number of aryl methyl sites for hydroxylation is 2. The monoisotopic (exact) mass is 321 g/mol. The molecular weight excluding hydrogens is 298 g/mol. The van der Waals surface area contributed by atoms with E-state index in [0.29, 0.717) is 5.82 Å². The van der Waals surface area contributed by atoms with E-state index in [1.807, 2.05) is 11.3 Å². The van der Waals surface area contributed by atoms with Crippen molar-refractivity contribution >= 4 is 39.1 Å². The van der Waals surface area contributed by atoms with Gasteiger partial charge in [-0.15, -0.1) is 11.3 Å². The molecule has 0 saturated heterocycles. The van der Waals surface area contributed by atoms with Gasteiger partial charge in [0.25, 0.3) is 0 Å². The molecule has 0 aliphatic heterocycles. The van der Waals surface area contributed by atoms with Gasteiger partial charge >= 0.3 is 0 Å². The molecule has 0 bridgehead atoms. The van der Waals surface area contributed by atoms with Gasteiger partial charge in [-0.25, -0.2) is 9.97 Å². The number of nitrogens with two attached hydrogens (primary N) is 1. The summed E-state index contributed by atoms with van der Waals surface area (Å²) in [4.78, 5) is 11.9. The average Bonchev–Trinajstić information content (AvgIpc) is 2.85. The van der Waals surface area contributed by atoms with Crippen molar-refractivity contribution < 1.29 is 0 Å². The second kappa shape index (κ2) is 6.97. The Morgan fingerprint density at radius 3 is 2.86 bits per heavy atom. The van der Waals surface area contributed by atoms with E-state index in [0.717, 1.165) is 27.5 Å². The summed E-state index contributed by atoms with van der Waals surface area (Å²) in [5, 5.41) is 2.00. The van der Waals surface area contributed by atoms with E-state index in [1.54, 1.807) is 11.8 Å². The highest BCUT2D eigenvalue weighted by atomic mass is 32.2. The number of thiophene rings is 1. The third kappa shape index (κ3) is 3.34. The Bertz CT molecular complexity index is 621. The zero-order valence-electron chi connectivity index (χ0n) is 12.7. The van der Waals surface area contributed by atoms with Crippen LogP contribution in [0, 0.1) is 0 Å². The molecule has 21 heavy (non-hydrogen) atoms. The van der Waals surface area contributed by atoms with Gasteiger partial charge in [-0.3, -0.25) is 0 Å². The van der Waals surface area contributed by atoms with Crippen molar-refractivity contribution in [2.75, 3.05) is 11.5 Å². The number of nitrogens with zero attached hydrogens (tertiary/aromatic N) is 2. The number of nitrogen functional groups attached to an aromatic ring is 1. The zero-order valence-corrected chi connectivity index (χ0v) is 14.3. The van der Waals surface area contributed by atoms with E-state index in [2.05, 4.69) is 11.9 Å². The molecule has 0 fully saturated rings. The molecule has 1 aliphatic carbocycles. The molecule has 2 aromatic rings. The van der Waals surface area contributed by atoms with E-state index in [-0.39, 0.29) is 0 Å². The fourth-order valence-corrected chi connectivity index (χ4v) is 5.10. The highest BCUT2D eigenvalue weighted by molar-refractivity contribution is 7.99. The first kappa shape index (κ1) is 15.1. The van der Waals surface area contributed by atoms with E-state index in [9.17, 15) is 0 Å². The largest absolute Gasteiger partial charge is 0.383 e. The van der Waals surface area contributed by atoms with Gasteiger partial charge in [-0.05, 0) is 37.7 Å². The second-order valence-corrected chi connectivity index (χ2v) is 7.84. The van der Waals surface area contributed by atoms with E-state index >= 15 is 0 Å². The minimum atomic E-state index is 0.690. The molecule has 0 spiro atoms. The number of thioether (sulfide) groups is 1. The van der Waals surface area contributed by atoms with E-state index in [4.69, 9.17) is 10.7 Å². The minimum absolute atomic E-state index is 0.690. The lowest BCUT2D eigenvalue weighted by atomic mass is 9.97. The summed E-state index contributed by atoms with van der Waals surface area (Å²) in [6, 6.07) is 0.